The van der Waals surface area contributed by atoms with Crippen molar-refractivity contribution in [1.29, 1.82) is 0 Å². The van der Waals surface area contributed by atoms with E-state index in [1.165, 1.54) is 0 Å². The highest BCUT2D eigenvalue weighted by atomic mass is 16.7. The Hall–Kier alpha value is -2.06. The number of allylic oxidation sites excluding steroid dienone is 1. The van der Waals surface area contributed by atoms with E-state index in [9.17, 15) is 0 Å². The van der Waals surface area contributed by atoms with E-state index in [4.69, 9.17) is 9.47 Å². The first-order chi connectivity index (χ1) is 10.1. The number of hydrogen-bond acceptors (Lipinski definition) is 2. The molecule has 2 heteroatoms. The first-order valence-electron chi connectivity index (χ1n) is 7.15. The zero-order valence-electron chi connectivity index (χ0n) is 12.9. The molecule has 0 aromatic heterocycles. The second-order valence-electron chi connectivity index (χ2n) is 5.44. The molecule has 110 valence electrons. The SMILES string of the molecule is CC(=Cc1ccccc1)OC(C)(C)OCc1ccccc1. The summed E-state index contributed by atoms with van der Waals surface area (Å²) in [6, 6.07) is 20.2. The van der Waals surface area contributed by atoms with Crippen molar-refractivity contribution in [2.45, 2.75) is 33.2 Å². The van der Waals surface area contributed by atoms with Crippen LogP contribution in [0.4, 0.5) is 0 Å². The molecular weight excluding hydrogens is 260 g/mol. The van der Waals surface area contributed by atoms with Crippen molar-refractivity contribution in [1.82, 2.24) is 0 Å². The normalized spacial score (nSPS) is 12.2. The van der Waals surface area contributed by atoms with Crippen LogP contribution in [-0.4, -0.2) is 5.79 Å². The van der Waals surface area contributed by atoms with Crippen LogP contribution in [0.5, 0.6) is 0 Å². The lowest BCUT2D eigenvalue weighted by Crippen LogP contribution is -2.27. The van der Waals surface area contributed by atoms with E-state index in [0.29, 0.717) is 6.61 Å². The summed E-state index contributed by atoms with van der Waals surface area (Å²) in [7, 11) is 0. The first-order valence-corrected chi connectivity index (χ1v) is 7.15. The minimum Gasteiger partial charge on any atom is -0.468 e. The third-order valence-corrected chi connectivity index (χ3v) is 3.01. The molecule has 21 heavy (non-hydrogen) atoms. The monoisotopic (exact) mass is 282 g/mol. The summed E-state index contributed by atoms with van der Waals surface area (Å²) in [6.45, 7) is 6.34. The molecule has 0 spiro atoms. The van der Waals surface area contributed by atoms with E-state index >= 15 is 0 Å². The van der Waals surface area contributed by atoms with Gasteiger partial charge in [0.15, 0.2) is 0 Å². The molecule has 0 amide bonds. The van der Waals surface area contributed by atoms with Crippen LogP contribution in [0.1, 0.15) is 31.9 Å². The third-order valence-electron chi connectivity index (χ3n) is 3.01. The maximum Gasteiger partial charge on any atom is 0.204 e. The van der Waals surface area contributed by atoms with Gasteiger partial charge in [-0.1, -0.05) is 60.7 Å². The number of rotatable bonds is 6. The fraction of sp³-hybridized carbons (Fsp3) is 0.263. The molecule has 0 aliphatic heterocycles. The Balaban J connectivity index is 1.92. The molecule has 0 N–H and O–H groups in total. The molecular formula is C19H22O2. The fourth-order valence-corrected chi connectivity index (χ4v) is 2.06. The van der Waals surface area contributed by atoms with E-state index in [1.807, 2.05) is 87.5 Å². The standard InChI is InChI=1S/C19H22O2/c1-16(14-17-10-6-4-7-11-17)21-19(2,3)20-15-18-12-8-5-9-13-18/h4-14H,15H2,1-3H3. The first kappa shape index (κ1) is 15.3. The van der Waals surface area contributed by atoms with Crippen LogP contribution >= 0.6 is 0 Å². The van der Waals surface area contributed by atoms with Crippen molar-refractivity contribution >= 4 is 6.08 Å². The lowest BCUT2D eigenvalue weighted by molar-refractivity contribution is -0.196. The van der Waals surface area contributed by atoms with Crippen LogP contribution < -0.4 is 0 Å². The summed E-state index contributed by atoms with van der Waals surface area (Å²) in [5, 5.41) is 0. The van der Waals surface area contributed by atoms with Crippen LogP contribution in [0.15, 0.2) is 66.4 Å². The summed E-state index contributed by atoms with van der Waals surface area (Å²) < 4.78 is 11.8. The highest BCUT2D eigenvalue weighted by Crippen LogP contribution is 2.20. The summed E-state index contributed by atoms with van der Waals surface area (Å²) in [5.74, 6) is 0.171. The van der Waals surface area contributed by atoms with Gasteiger partial charge < -0.3 is 9.47 Å². The van der Waals surface area contributed by atoms with Gasteiger partial charge in [0.2, 0.25) is 5.79 Å². The smallest absolute Gasteiger partial charge is 0.204 e. The minimum atomic E-state index is -0.662. The number of benzene rings is 2. The Morgan fingerprint density at radius 3 is 2.14 bits per heavy atom. The molecule has 0 aliphatic carbocycles. The van der Waals surface area contributed by atoms with Gasteiger partial charge in [-0.05, 0) is 24.1 Å². The van der Waals surface area contributed by atoms with Crippen molar-refractivity contribution in [3.8, 4) is 0 Å². The lowest BCUT2D eigenvalue weighted by atomic mass is 10.2. The van der Waals surface area contributed by atoms with Crippen LogP contribution in [0.25, 0.3) is 6.08 Å². The predicted molar refractivity (Wildman–Crippen MR) is 86.5 cm³/mol. The second-order valence-corrected chi connectivity index (χ2v) is 5.44. The zero-order chi connectivity index (χ0) is 15.1. The Labute approximate surface area is 127 Å². The molecule has 2 aromatic carbocycles. The second kappa shape index (κ2) is 7.09. The van der Waals surface area contributed by atoms with Gasteiger partial charge in [0.1, 0.15) is 0 Å². The molecule has 2 rings (SSSR count). The molecule has 0 atom stereocenters. The lowest BCUT2D eigenvalue weighted by Gasteiger charge is -2.27. The van der Waals surface area contributed by atoms with E-state index in [2.05, 4.69) is 0 Å². The average Bonchev–Trinajstić information content (AvgIpc) is 2.47. The molecule has 0 saturated carbocycles. The molecule has 0 fully saturated rings. The van der Waals surface area contributed by atoms with E-state index < -0.39 is 5.79 Å². The van der Waals surface area contributed by atoms with Crippen molar-refractivity contribution in [3.63, 3.8) is 0 Å². The summed E-state index contributed by atoms with van der Waals surface area (Å²) >= 11 is 0. The minimum absolute atomic E-state index is 0.534. The summed E-state index contributed by atoms with van der Waals surface area (Å²) in [4.78, 5) is 0. The van der Waals surface area contributed by atoms with Gasteiger partial charge in [-0.3, -0.25) is 0 Å². The van der Waals surface area contributed by atoms with Gasteiger partial charge in [-0.15, -0.1) is 0 Å². The highest BCUT2D eigenvalue weighted by molar-refractivity contribution is 5.50. The van der Waals surface area contributed by atoms with Crippen LogP contribution in [0.2, 0.25) is 0 Å². The summed E-state index contributed by atoms with van der Waals surface area (Å²) in [5.41, 5.74) is 2.26. The predicted octanol–water partition coefficient (Wildman–Crippen LogP) is 5.02. The van der Waals surface area contributed by atoms with Gasteiger partial charge in [0.05, 0.1) is 12.4 Å². The quantitative estimate of drug-likeness (QED) is 0.547. The van der Waals surface area contributed by atoms with Gasteiger partial charge in [0.25, 0.3) is 0 Å². The van der Waals surface area contributed by atoms with Gasteiger partial charge in [-0.25, -0.2) is 0 Å². The van der Waals surface area contributed by atoms with Crippen molar-refractivity contribution < 1.29 is 9.47 Å². The molecule has 0 unspecified atom stereocenters. The van der Waals surface area contributed by atoms with Crippen LogP contribution in [0.3, 0.4) is 0 Å². The van der Waals surface area contributed by atoms with Gasteiger partial charge >= 0.3 is 0 Å². The van der Waals surface area contributed by atoms with E-state index in [1.54, 1.807) is 0 Å². The maximum absolute atomic E-state index is 5.90. The van der Waals surface area contributed by atoms with Crippen LogP contribution in [0, 0.1) is 0 Å². The summed E-state index contributed by atoms with van der Waals surface area (Å²) in [6.07, 6.45) is 2.01. The third kappa shape index (κ3) is 5.44. The number of ether oxygens (including phenoxy) is 2. The Morgan fingerprint density at radius 2 is 1.52 bits per heavy atom. The van der Waals surface area contributed by atoms with Crippen molar-refractivity contribution in [2.24, 2.45) is 0 Å². The molecule has 0 bridgehead atoms. The van der Waals surface area contributed by atoms with Crippen molar-refractivity contribution in [2.75, 3.05) is 0 Å². The fourth-order valence-electron chi connectivity index (χ4n) is 2.06. The number of hydrogen-bond donors (Lipinski definition) is 0. The Kier molecular flexibility index (Phi) is 5.18. The maximum atomic E-state index is 5.90. The Morgan fingerprint density at radius 1 is 0.952 bits per heavy atom. The molecule has 0 aliphatic rings. The molecule has 0 heterocycles. The van der Waals surface area contributed by atoms with Gasteiger partial charge in [0, 0.05) is 13.8 Å². The van der Waals surface area contributed by atoms with Gasteiger partial charge in [-0.2, -0.15) is 0 Å². The highest BCUT2D eigenvalue weighted by Gasteiger charge is 2.20. The Bertz CT molecular complexity index is 571. The molecule has 0 saturated heterocycles. The molecule has 2 aromatic rings. The largest absolute Gasteiger partial charge is 0.468 e. The molecule has 2 nitrogen and oxygen atoms in total. The topological polar surface area (TPSA) is 18.5 Å². The van der Waals surface area contributed by atoms with E-state index in [-0.39, 0.29) is 0 Å². The molecule has 0 radical (unpaired) electrons. The van der Waals surface area contributed by atoms with Crippen LogP contribution in [-0.2, 0) is 16.1 Å². The zero-order valence-corrected chi connectivity index (χ0v) is 12.9. The average molecular weight is 282 g/mol. The van der Waals surface area contributed by atoms with Crippen molar-refractivity contribution in [3.05, 3.63) is 77.5 Å². The van der Waals surface area contributed by atoms with E-state index in [0.717, 1.165) is 16.9 Å².